The van der Waals surface area contributed by atoms with Crippen LogP contribution in [0.2, 0.25) is 0 Å². The third kappa shape index (κ3) is 8.89. The van der Waals surface area contributed by atoms with E-state index in [1.807, 2.05) is 0 Å². The molecule has 0 aliphatic heterocycles. The maximum atomic E-state index is 0. The first-order valence-electron chi connectivity index (χ1n) is 0. The monoisotopic (exact) mass is 337 g/mol. The smallest absolute Gasteiger partial charge is 0 e. The molecule has 3 heteroatoms. The molecule has 0 nitrogen and oxygen atoms in total. The molecule has 0 N–H and O–H groups in total. The van der Waals surface area contributed by atoms with Crippen molar-refractivity contribution in [3.8, 4) is 0 Å². The van der Waals surface area contributed by atoms with E-state index >= 15 is 0 Å². The van der Waals surface area contributed by atoms with E-state index in [9.17, 15) is 0 Å². The predicted molar refractivity (Wildman–Crippen MR) is 6.41 cm³/mol. The fourth-order valence-corrected chi connectivity index (χ4v) is 0. The van der Waals surface area contributed by atoms with Crippen molar-refractivity contribution < 1.29 is 66.5 Å². The number of hydrogen-bond donors (Lipinski definition) is 0. The van der Waals surface area contributed by atoms with E-state index in [0.717, 1.165) is 0 Å². The van der Waals surface area contributed by atoms with Crippen molar-refractivity contribution in [2.75, 3.05) is 0 Å². The number of hydrogen-bond acceptors (Lipinski definition) is 0. The van der Waals surface area contributed by atoms with Crippen molar-refractivity contribution in [1.82, 2.24) is 0 Å². The standard InChI is InChI=1S/CH3.Nb.Ta.Ti/h1H3;;;/q-1;;;. The maximum absolute atomic E-state index is 0. The van der Waals surface area contributed by atoms with Crippen molar-refractivity contribution in [2.24, 2.45) is 0 Å². The normalized spacial score (nSPS) is 0. The van der Waals surface area contributed by atoms with Crippen molar-refractivity contribution in [3.63, 3.8) is 0 Å². The second-order valence-corrected chi connectivity index (χ2v) is 0. The fourth-order valence-electron chi connectivity index (χ4n) is 0. The molecule has 0 aliphatic rings. The van der Waals surface area contributed by atoms with Gasteiger partial charge in [0.25, 0.3) is 0 Å². The molecule has 0 fully saturated rings. The summed E-state index contributed by atoms with van der Waals surface area (Å²) < 4.78 is 0. The molecule has 4 heavy (non-hydrogen) atoms. The average Bonchev–Trinajstić information content (AvgIpc) is 0. The maximum Gasteiger partial charge on any atom is 0 e. The summed E-state index contributed by atoms with van der Waals surface area (Å²) in [4.78, 5) is 0. The zero-order valence-electron chi connectivity index (χ0n) is 2.39. The largest absolute Gasteiger partial charge is 0.358 e. The quantitative estimate of drug-likeness (QED) is 0.445. The molecule has 0 spiro atoms. The average molecular weight is 337 g/mol. The summed E-state index contributed by atoms with van der Waals surface area (Å²) >= 11 is 0. The summed E-state index contributed by atoms with van der Waals surface area (Å²) in [5.41, 5.74) is 0. The van der Waals surface area contributed by atoms with Gasteiger partial charge in [-0.05, 0) is 0 Å². The second-order valence-electron chi connectivity index (χ2n) is 0. The Morgan fingerprint density at radius 1 is 1.00 bits per heavy atom. The Balaban J connectivity index is 0. The van der Waals surface area contributed by atoms with Crippen LogP contribution in [0.1, 0.15) is 0 Å². The Labute approximate surface area is 73.0 Å². The fraction of sp³-hybridized carbons (Fsp3) is 0. The molecule has 0 aromatic heterocycles. The summed E-state index contributed by atoms with van der Waals surface area (Å²) in [6.45, 7) is 0. The summed E-state index contributed by atoms with van der Waals surface area (Å²) in [6.07, 6.45) is 0. The molecule has 0 unspecified atom stereocenters. The Bertz CT molecular complexity index is 8.00. The van der Waals surface area contributed by atoms with Crippen LogP contribution in [0.5, 0.6) is 0 Å². The third-order valence-corrected chi connectivity index (χ3v) is 0. The van der Waals surface area contributed by atoms with E-state index in [4.69, 9.17) is 0 Å². The molecule has 0 aromatic rings. The molecule has 2 radical (unpaired) electrons. The molecule has 0 bridgehead atoms. The second kappa shape index (κ2) is 19.0. The van der Waals surface area contributed by atoms with Crippen LogP contribution in [0.15, 0.2) is 0 Å². The summed E-state index contributed by atoms with van der Waals surface area (Å²) in [5.74, 6) is 0. The first-order chi connectivity index (χ1) is 0. The van der Waals surface area contributed by atoms with Crippen LogP contribution < -0.4 is 0 Å². The van der Waals surface area contributed by atoms with Gasteiger partial charge in [-0.2, -0.15) is 0 Å². The Kier molecular flexibility index (Phi) is 165. The topological polar surface area (TPSA) is 0 Å². The summed E-state index contributed by atoms with van der Waals surface area (Å²) in [6, 6.07) is 0. The van der Waals surface area contributed by atoms with E-state index in [-0.39, 0.29) is 73.9 Å². The Hall–Kier alpha value is 2.19. The van der Waals surface area contributed by atoms with Crippen molar-refractivity contribution in [3.05, 3.63) is 7.43 Å². The summed E-state index contributed by atoms with van der Waals surface area (Å²) in [7, 11) is 0. The molecule has 0 saturated heterocycles. The van der Waals surface area contributed by atoms with Crippen LogP contribution in [-0.2, 0) is 66.5 Å². The van der Waals surface area contributed by atoms with Crippen LogP contribution >= 0.6 is 0 Å². The van der Waals surface area contributed by atoms with E-state index in [2.05, 4.69) is 0 Å². The molecule has 22 valence electrons. The minimum Gasteiger partial charge on any atom is -0.358 e. The molecular weight excluding hydrogens is 334 g/mol. The Morgan fingerprint density at radius 3 is 1.00 bits per heavy atom. The number of rotatable bonds is 0. The SMILES string of the molecule is [CH3-].[Nb].[Ta].[Ti]. The molecule has 0 rings (SSSR count). The first-order valence-corrected chi connectivity index (χ1v) is 0. The first kappa shape index (κ1) is 34.7. The molecule has 0 heterocycles. The van der Waals surface area contributed by atoms with E-state index < -0.39 is 0 Å². The summed E-state index contributed by atoms with van der Waals surface area (Å²) in [5, 5.41) is 0. The van der Waals surface area contributed by atoms with Gasteiger partial charge in [0.05, 0.1) is 0 Å². The zero-order valence-corrected chi connectivity index (χ0v) is 9.37. The predicted octanol–water partition coefficient (Wildman–Crippen LogP) is 0.443. The van der Waals surface area contributed by atoms with Crippen LogP contribution in [0.3, 0.4) is 0 Å². The van der Waals surface area contributed by atoms with Gasteiger partial charge in [-0.3, -0.25) is 0 Å². The van der Waals surface area contributed by atoms with Gasteiger partial charge in [0.1, 0.15) is 0 Å². The van der Waals surface area contributed by atoms with Gasteiger partial charge in [-0.1, -0.05) is 0 Å². The van der Waals surface area contributed by atoms with Crippen LogP contribution in [-0.4, -0.2) is 0 Å². The minimum absolute atomic E-state index is 0. The van der Waals surface area contributed by atoms with E-state index in [1.54, 1.807) is 0 Å². The van der Waals surface area contributed by atoms with Crippen molar-refractivity contribution >= 4 is 0 Å². The van der Waals surface area contributed by atoms with Crippen molar-refractivity contribution in [1.29, 1.82) is 0 Å². The van der Waals surface area contributed by atoms with Gasteiger partial charge in [-0.15, -0.1) is 0 Å². The van der Waals surface area contributed by atoms with Gasteiger partial charge < -0.3 is 7.43 Å². The molecule has 0 atom stereocenters. The van der Waals surface area contributed by atoms with Crippen LogP contribution in [0, 0.1) is 7.43 Å². The van der Waals surface area contributed by atoms with Gasteiger partial charge in [0, 0.05) is 66.5 Å². The van der Waals surface area contributed by atoms with Gasteiger partial charge >= 0.3 is 0 Å². The molecule has 0 aromatic carbocycles. The van der Waals surface area contributed by atoms with Gasteiger partial charge in [0.2, 0.25) is 0 Å². The molecule has 0 aliphatic carbocycles. The van der Waals surface area contributed by atoms with Crippen LogP contribution in [0.4, 0.5) is 0 Å². The molecular formula is CH3NbTaTi-. The van der Waals surface area contributed by atoms with E-state index in [1.165, 1.54) is 0 Å². The third-order valence-electron chi connectivity index (χ3n) is 0. The van der Waals surface area contributed by atoms with E-state index in [0.29, 0.717) is 0 Å². The van der Waals surface area contributed by atoms with Crippen LogP contribution in [0.25, 0.3) is 0 Å². The van der Waals surface area contributed by atoms with Gasteiger partial charge in [0.15, 0.2) is 0 Å². The molecule has 0 saturated carbocycles. The van der Waals surface area contributed by atoms with Gasteiger partial charge in [-0.25, -0.2) is 0 Å². The molecule has 0 amide bonds. The zero-order chi connectivity index (χ0) is 0. The Morgan fingerprint density at radius 2 is 1.00 bits per heavy atom. The minimum atomic E-state index is 0. The van der Waals surface area contributed by atoms with Crippen molar-refractivity contribution in [2.45, 2.75) is 0 Å².